The minimum Gasteiger partial charge on any atom is -0.465 e. The molecule has 0 spiro atoms. The summed E-state index contributed by atoms with van der Waals surface area (Å²) in [6.45, 7) is 13.6. The zero-order valence-electron chi connectivity index (χ0n) is 18.1. The van der Waals surface area contributed by atoms with Crippen LogP contribution in [-0.4, -0.2) is 23.4 Å². The van der Waals surface area contributed by atoms with Gasteiger partial charge >= 0.3 is 5.97 Å². The molecule has 0 aliphatic heterocycles. The maximum atomic E-state index is 13.0. The van der Waals surface area contributed by atoms with Gasteiger partial charge in [-0.25, -0.2) is 4.79 Å². The smallest absolute Gasteiger partial charge is 0.338 e. The molecule has 0 bridgehead atoms. The Morgan fingerprint density at radius 3 is 1.50 bits per heavy atom. The number of hydrogen-bond donors (Lipinski definition) is 0. The predicted octanol–water partition coefficient (Wildman–Crippen LogP) is 6.21. The molecule has 150 valence electrons. The molecule has 0 aliphatic carbocycles. The molecule has 4 heteroatoms. The van der Waals surface area contributed by atoms with Crippen LogP contribution in [0.5, 0.6) is 0 Å². The third kappa shape index (κ3) is 5.76. The Bertz CT molecular complexity index is 746. The summed E-state index contributed by atoms with van der Waals surface area (Å²) in [6.07, 6.45) is 0. The standard InChI is InChI=1S/C24H32O2P2/c1-23(2,3)27(24(4,5)6)18-21(22(25)26-7)28(19-14-10-8-11-15-19)20-16-12-9-13-17-20/h8-18H,1-7H3/b21-18-. The van der Waals surface area contributed by atoms with Crippen LogP contribution in [0.25, 0.3) is 0 Å². The topological polar surface area (TPSA) is 26.3 Å². The minimum absolute atomic E-state index is 0.0846. The molecule has 0 atom stereocenters. The van der Waals surface area contributed by atoms with Crippen LogP contribution in [0.15, 0.2) is 71.8 Å². The lowest BCUT2D eigenvalue weighted by molar-refractivity contribution is -0.135. The van der Waals surface area contributed by atoms with E-state index in [0.717, 1.165) is 15.9 Å². The van der Waals surface area contributed by atoms with Gasteiger partial charge in [0.05, 0.1) is 12.4 Å². The predicted molar refractivity (Wildman–Crippen MR) is 126 cm³/mol. The van der Waals surface area contributed by atoms with Crippen molar-refractivity contribution in [2.75, 3.05) is 7.11 Å². The van der Waals surface area contributed by atoms with E-state index < -0.39 is 15.8 Å². The number of rotatable bonds is 5. The van der Waals surface area contributed by atoms with Gasteiger partial charge in [0.1, 0.15) is 0 Å². The van der Waals surface area contributed by atoms with Crippen LogP contribution >= 0.6 is 15.8 Å². The summed E-state index contributed by atoms with van der Waals surface area (Å²) < 4.78 is 5.28. The molecule has 2 aromatic carbocycles. The van der Waals surface area contributed by atoms with Gasteiger partial charge in [-0.3, -0.25) is 0 Å². The summed E-state index contributed by atoms with van der Waals surface area (Å²) in [6, 6.07) is 20.7. The molecule has 0 unspecified atom stereocenters. The zero-order chi connectivity index (χ0) is 20.9. The number of hydrogen-bond acceptors (Lipinski definition) is 2. The Morgan fingerprint density at radius 2 is 1.18 bits per heavy atom. The van der Waals surface area contributed by atoms with E-state index in [1.165, 1.54) is 7.11 Å². The van der Waals surface area contributed by atoms with Gasteiger partial charge in [0.25, 0.3) is 0 Å². The van der Waals surface area contributed by atoms with E-state index in [0.29, 0.717) is 0 Å². The SMILES string of the molecule is COC(=O)/C(=C/P(C(C)(C)C)C(C)(C)C)P(c1ccccc1)c1ccccc1. The number of benzene rings is 2. The van der Waals surface area contributed by atoms with Crippen LogP contribution in [-0.2, 0) is 9.53 Å². The summed E-state index contributed by atoms with van der Waals surface area (Å²) >= 11 is 0. The van der Waals surface area contributed by atoms with Gasteiger partial charge in [0, 0.05) is 0 Å². The maximum Gasteiger partial charge on any atom is 0.338 e. The van der Waals surface area contributed by atoms with Gasteiger partial charge in [-0.05, 0) is 34.7 Å². The van der Waals surface area contributed by atoms with Crippen LogP contribution in [0.4, 0.5) is 0 Å². The summed E-state index contributed by atoms with van der Waals surface area (Å²) in [5, 5.41) is 3.30. The quantitative estimate of drug-likeness (QED) is 0.330. The van der Waals surface area contributed by atoms with Crippen LogP contribution in [0, 0.1) is 0 Å². The fraction of sp³-hybridized carbons (Fsp3) is 0.375. The van der Waals surface area contributed by atoms with E-state index in [9.17, 15) is 4.79 Å². The summed E-state index contributed by atoms with van der Waals surface area (Å²) in [4.78, 5) is 13.0. The molecular formula is C24H32O2P2. The number of methoxy groups -OCH3 is 1. The van der Waals surface area contributed by atoms with Crippen LogP contribution in [0.2, 0.25) is 0 Å². The first kappa shape index (κ1) is 22.8. The molecule has 0 amide bonds. The number of carbonyl (C=O) groups is 1. The second-order valence-electron chi connectivity index (χ2n) is 8.72. The van der Waals surface area contributed by atoms with Gasteiger partial charge in [0.2, 0.25) is 0 Å². The fourth-order valence-corrected chi connectivity index (χ4v) is 9.42. The monoisotopic (exact) mass is 414 g/mol. The lowest BCUT2D eigenvalue weighted by Crippen LogP contribution is -2.25. The average molecular weight is 414 g/mol. The molecule has 0 aliphatic rings. The highest BCUT2D eigenvalue weighted by Gasteiger charge is 2.35. The van der Waals surface area contributed by atoms with Crippen molar-refractivity contribution in [1.29, 1.82) is 0 Å². The molecule has 0 radical (unpaired) electrons. The van der Waals surface area contributed by atoms with E-state index in [4.69, 9.17) is 4.74 Å². The average Bonchev–Trinajstić information content (AvgIpc) is 2.63. The van der Waals surface area contributed by atoms with Crippen molar-refractivity contribution in [2.45, 2.75) is 51.9 Å². The molecule has 2 nitrogen and oxygen atoms in total. The summed E-state index contributed by atoms with van der Waals surface area (Å²) in [5.74, 6) is 2.03. The highest BCUT2D eigenvalue weighted by atomic mass is 31.1. The Labute approximate surface area is 172 Å². The van der Waals surface area contributed by atoms with Gasteiger partial charge < -0.3 is 4.74 Å². The van der Waals surface area contributed by atoms with Gasteiger partial charge in [-0.1, -0.05) is 110 Å². The molecule has 0 heterocycles. The van der Waals surface area contributed by atoms with Gasteiger partial charge in [-0.15, -0.1) is 0 Å². The Hall–Kier alpha value is -1.49. The second kappa shape index (κ2) is 9.34. The van der Waals surface area contributed by atoms with Crippen molar-refractivity contribution in [3.05, 3.63) is 71.8 Å². The molecule has 2 rings (SSSR count). The van der Waals surface area contributed by atoms with Crippen molar-refractivity contribution in [2.24, 2.45) is 0 Å². The van der Waals surface area contributed by atoms with Crippen molar-refractivity contribution in [3.63, 3.8) is 0 Å². The number of esters is 1. The van der Waals surface area contributed by atoms with Crippen molar-refractivity contribution < 1.29 is 9.53 Å². The van der Waals surface area contributed by atoms with Crippen molar-refractivity contribution in [3.8, 4) is 0 Å². The van der Waals surface area contributed by atoms with E-state index in [-0.39, 0.29) is 16.3 Å². The normalized spacial score (nSPS) is 13.1. The third-order valence-electron chi connectivity index (χ3n) is 4.36. The molecule has 0 saturated heterocycles. The van der Waals surface area contributed by atoms with E-state index in [2.05, 4.69) is 71.6 Å². The highest BCUT2D eigenvalue weighted by Crippen LogP contribution is 2.63. The van der Waals surface area contributed by atoms with Gasteiger partial charge in [0.15, 0.2) is 0 Å². The fourth-order valence-electron chi connectivity index (χ4n) is 3.40. The first-order valence-corrected chi connectivity index (χ1v) is 12.3. The Balaban J connectivity index is 2.73. The Kier molecular flexibility index (Phi) is 7.60. The second-order valence-corrected chi connectivity index (χ2v) is 14.6. The first-order valence-electron chi connectivity index (χ1n) is 9.55. The van der Waals surface area contributed by atoms with Crippen LogP contribution in [0.3, 0.4) is 0 Å². The molecule has 0 saturated carbocycles. The lowest BCUT2D eigenvalue weighted by atomic mass is 10.2. The van der Waals surface area contributed by atoms with Crippen molar-refractivity contribution >= 4 is 32.4 Å². The van der Waals surface area contributed by atoms with E-state index >= 15 is 0 Å². The molecule has 0 N–H and O–H groups in total. The first-order chi connectivity index (χ1) is 13.1. The molecule has 2 aromatic rings. The molecule has 0 aromatic heterocycles. The highest BCUT2D eigenvalue weighted by molar-refractivity contribution is 7.78. The summed E-state index contributed by atoms with van der Waals surface area (Å²) in [7, 11) is -0.0815. The Morgan fingerprint density at radius 1 is 0.786 bits per heavy atom. The van der Waals surface area contributed by atoms with E-state index in [1.54, 1.807) is 0 Å². The van der Waals surface area contributed by atoms with Crippen LogP contribution in [0.1, 0.15) is 41.5 Å². The maximum absolute atomic E-state index is 13.0. The van der Waals surface area contributed by atoms with E-state index in [1.807, 2.05) is 36.4 Å². The zero-order valence-corrected chi connectivity index (χ0v) is 19.9. The molecule has 28 heavy (non-hydrogen) atoms. The van der Waals surface area contributed by atoms with Crippen LogP contribution < -0.4 is 10.6 Å². The lowest BCUT2D eigenvalue weighted by Gasteiger charge is -2.40. The molecule has 0 fully saturated rings. The number of carbonyl (C=O) groups excluding carboxylic acids is 1. The largest absolute Gasteiger partial charge is 0.465 e. The molecular weight excluding hydrogens is 382 g/mol. The number of ether oxygens (including phenoxy) is 1. The third-order valence-corrected chi connectivity index (χ3v) is 10.4. The minimum atomic E-state index is -0.984. The van der Waals surface area contributed by atoms with Gasteiger partial charge in [-0.2, -0.15) is 0 Å². The summed E-state index contributed by atoms with van der Waals surface area (Å²) in [5.41, 5.74) is 0. The van der Waals surface area contributed by atoms with Crippen molar-refractivity contribution in [1.82, 2.24) is 0 Å².